The van der Waals surface area contributed by atoms with Crippen LogP contribution in [0.1, 0.15) is 418 Å². The van der Waals surface area contributed by atoms with Gasteiger partial charge >= 0.3 is 0 Å². The molecule has 4 unspecified atom stereocenters. The molecule has 0 rings (SSSR count). The van der Waals surface area contributed by atoms with Gasteiger partial charge in [0.2, 0.25) is 5.91 Å². The van der Waals surface area contributed by atoms with E-state index < -0.39 is 36.9 Å². The van der Waals surface area contributed by atoms with E-state index in [4.69, 9.17) is 0 Å². The summed E-state index contributed by atoms with van der Waals surface area (Å²) in [7, 11) is 0. The molecule has 5 N–H and O–H groups in total. The highest BCUT2D eigenvalue weighted by Gasteiger charge is 2.28. The van der Waals surface area contributed by atoms with Crippen LogP contribution in [-0.4, -0.2) is 57.3 Å². The van der Waals surface area contributed by atoms with Crippen molar-refractivity contribution in [3.8, 4) is 0 Å². The minimum absolute atomic E-state index is 0.369. The first-order valence-corrected chi connectivity index (χ1v) is 36.6. The second kappa shape index (κ2) is 67.8. The van der Waals surface area contributed by atoms with Gasteiger partial charge in [0.1, 0.15) is 12.2 Å². The molecule has 0 aliphatic heterocycles. The lowest BCUT2D eigenvalue weighted by Crippen LogP contribution is -2.53. The molecule has 0 aliphatic carbocycles. The molecule has 4 atom stereocenters. The van der Waals surface area contributed by atoms with Crippen molar-refractivity contribution in [2.24, 2.45) is 0 Å². The van der Waals surface area contributed by atoms with E-state index in [0.717, 1.165) is 38.5 Å². The summed E-state index contributed by atoms with van der Waals surface area (Å²) in [5.74, 6) is -0.583. The highest BCUT2D eigenvalue weighted by molar-refractivity contribution is 5.80. The van der Waals surface area contributed by atoms with Crippen LogP contribution < -0.4 is 5.32 Å². The quantitative estimate of drug-likeness (QED) is 0.0308. The largest absolute Gasteiger partial charge is 0.394 e. The number of unbranched alkanes of at least 4 members (excludes halogenated alkanes) is 58. The maximum atomic E-state index is 12.7. The molecule has 0 radical (unpaired) electrons. The van der Waals surface area contributed by atoms with Crippen molar-refractivity contribution in [1.82, 2.24) is 5.32 Å². The van der Waals surface area contributed by atoms with Gasteiger partial charge < -0.3 is 25.7 Å². The lowest BCUT2D eigenvalue weighted by molar-refractivity contribution is -0.132. The Balaban J connectivity index is 3.52. The average molecular weight is 1120 g/mol. The van der Waals surface area contributed by atoms with Crippen molar-refractivity contribution < 1.29 is 25.2 Å². The van der Waals surface area contributed by atoms with Gasteiger partial charge in [-0.25, -0.2) is 0 Å². The second-order valence-electron chi connectivity index (χ2n) is 25.7. The van der Waals surface area contributed by atoms with Crippen LogP contribution in [0.4, 0.5) is 0 Å². The first-order valence-electron chi connectivity index (χ1n) is 36.6. The predicted octanol–water partition coefficient (Wildman–Crippen LogP) is 22.7. The Labute approximate surface area is 495 Å². The molecule has 0 heterocycles. The number of allylic oxidation sites excluding steroid dienone is 2. The zero-order valence-electron chi connectivity index (χ0n) is 53.9. The minimum Gasteiger partial charge on any atom is -0.394 e. The second-order valence-corrected chi connectivity index (χ2v) is 25.7. The third kappa shape index (κ3) is 61.4. The minimum atomic E-state index is -1.28. The summed E-state index contributed by atoms with van der Waals surface area (Å²) >= 11 is 0. The third-order valence-corrected chi connectivity index (χ3v) is 17.7. The molecule has 0 aromatic carbocycles. The van der Waals surface area contributed by atoms with E-state index in [0.29, 0.717) is 12.8 Å². The number of amides is 1. The van der Waals surface area contributed by atoms with Crippen molar-refractivity contribution in [2.75, 3.05) is 6.61 Å². The summed E-state index contributed by atoms with van der Waals surface area (Å²) in [4.78, 5) is 12.7. The molecular formula is C73H145NO5. The number of carbonyl (C=O) groups is 1. The molecule has 6 nitrogen and oxygen atoms in total. The first-order chi connectivity index (χ1) is 39.0. The zero-order chi connectivity index (χ0) is 57.3. The van der Waals surface area contributed by atoms with E-state index in [1.165, 1.54) is 353 Å². The van der Waals surface area contributed by atoms with Crippen molar-refractivity contribution in [3.05, 3.63) is 12.2 Å². The standard InChI is InChI=1S/C73H145NO5/c1-3-5-7-9-11-13-15-17-19-21-23-25-27-29-31-33-35-37-38-40-42-44-46-48-50-52-54-56-58-60-62-64-66-70(76)72(78)69(68-75)74-73(79)71(77)67-65-63-61-59-57-55-53-51-49-47-45-43-41-39-36-34-32-30-28-26-24-22-20-18-16-14-12-10-8-6-4-2/h58,60,69-72,75-78H,3-57,59,61-68H2,1-2H3,(H,74,79)/b60-58+. The summed E-state index contributed by atoms with van der Waals surface area (Å²) in [6.07, 6.45) is 85.1. The van der Waals surface area contributed by atoms with Crippen LogP contribution in [-0.2, 0) is 4.79 Å². The number of aliphatic hydroxyl groups is 4. The Morgan fingerprint density at radius 2 is 0.519 bits per heavy atom. The van der Waals surface area contributed by atoms with Crippen LogP contribution in [0.25, 0.3) is 0 Å². The van der Waals surface area contributed by atoms with Crippen LogP contribution in [0.3, 0.4) is 0 Å². The Kier molecular flexibility index (Phi) is 67.0. The smallest absolute Gasteiger partial charge is 0.249 e. The fourth-order valence-electron chi connectivity index (χ4n) is 12.1. The van der Waals surface area contributed by atoms with Gasteiger partial charge in [0, 0.05) is 0 Å². The predicted molar refractivity (Wildman–Crippen MR) is 348 cm³/mol. The van der Waals surface area contributed by atoms with E-state index >= 15 is 0 Å². The van der Waals surface area contributed by atoms with Gasteiger partial charge in [-0.15, -0.1) is 0 Å². The highest BCUT2D eigenvalue weighted by atomic mass is 16.3. The van der Waals surface area contributed by atoms with E-state index in [-0.39, 0.29) is 0 Å². The topological polar surface area (TPSA) is 110 Å². The molecule has 0 aliphatic rings. The number of hydrogen-bond donors (Lipinski definition) is 5. The molecule has 0 aromatic heterocycles. The SMILES string of the molecule is CCCCCCCCCCCCCCCCCCCCCCCCCCCCC/C=C/CCCC(O)C(O)C(CO)NC(=O)C(O)CCCCCCCCCCCCCCCCCCCCCCCCCCCCCCCCC. The number of rotatable bonds is 69. The van der Waals surface area contributed by atoms with Crippen molar-refractivity contribution in [2.45, 2.75) is 443 Å². The summed E-state index contributed by atoms with van der Waals surface area (Å²) in [6, 6.07) is -1.00. The monoisotopic (exact) mass is 1120 g/mol. The van der Waals surface area contributed by atoms with Crippen LogP contribution in [0, 0.1) is 0 Å². The lowest BCUT2D eigenvalue weighted by atomic mass is 10.00. The van der Waals surface area contributed by atoms with Gasteiger partial charge in [0.15, 0.2) is 0 Å². The molecule has 0 bridgehead atoms. The van der Waals surface area contributed by atoms with Crippen molar-refractivity contribution >= 4 is 5.91 Å². The molecule has 0 saturated carbocycles. The van der Waals surface area contributed by atoms with Crippen molar-refractivity contribution in [3.63, 3.8) is 0 Å². The fourth-order valence-corrected chi connectivity index (χ4v) is 12.1. The lowest BCUT2D eigenvalue weighted by Gasteiger charge is -2.27. The number of hydrogen-bond acceptors (Lipinski definition) is 5. The Hall–Kier alpha value is -0.950. The molecule has 1 amide bonds. The summed E-state index contributed by atoms with van der Waals surface area (Å²) < 4.78 is 0. The summed E-state index contributed by atoms with van der Waals surface area (Å²) in [5.41, 5.74) is 0. The average Bonchev–Trinajstić information content (AvgIpc) is 3.45. The van der Waals surface area contributed by atoms with Gasteiger partial charge in [-0.05, 0) is 38.5 Å². The van der Waals surface area contributed by atoms with Crippen LogP contribution in [0.5, 0.6) is 0 Å². The number of nitrogens with one attached hydrogen (secondary N) is 1. The Morgan fingerprint density at radius 1 is 0.304 bits per heavy atom. The highest BCUT2D eigenvalue weighted by Crippen LogP contribution is 2.20. The molecule has 0 spiro atoms. The number of carbonyl (C=O) groups excluding carboxylic acids is 1. The molecule has 79 heavy (non-hydrogen) atoms. The molecular weight excluding hydrogens is 971 g/mol. The molecule has 0 fully saturated rings. The Morgan fingerprint density at radius 3 is 0.759 bits per heavy atom. The molecule has 6 heteroatoms. The van der Waals surface area contributed by atoms with Gasteiger partial charge in [-0.2, -0.15) is 0 Å². The molecule has 472 valence electrons. The maximum absolute atomic E-state index is 12.7. The third-order valence-electron chi connectivity index (χ3n) is 17.7. The number of aliphatic hydroxyl groups excluding tert-OH is 4. The zero-order valence-corrected chi connectivity index (χ0v) is 53.9. The van der Waals surface area contributed by atoms with Gasteiger partial charge in [-0.1, -0.05) is 392 Å². The Bertz CT molecular complexity index is 1160. The molecule has 0 aromatic rings. The van der Waals surface area contributed by atoms with Gasteiger partial charge in [-0.3, -0.25) is 4.79 Å². The summed E-state index contributed by atoms with van der Waals surface area (Å²) in [6.45, 7) is 4.11. The van der Waals surface area contributed by atoms with Crippen LogP contribution >= 0.6 is 0 Å². The molecule has 0 saturated heterocycles. The van der Waals surface area contributed by atoms with Crippen LogP contribution in [0.15, 0.2) is 12.2 Å². The van der Waals surface area contributed by atoms with E-state index in [1.54, 1.807) is 0 Å². The van der Waals surface area contributed by atoms with Gasteiger partial charge in [0.25, 0.3) is 0 Å². The summed E-state index contributed by atoms with van der Waals surface area (Å²) in [5, 5.41) is 44.2. The van der Waals surface area contributed by atoms with Gasteiger partial charge in [0.05, 0.1) is 18.8 Å². The first kappa shape index (κ1) is 78.0. The fraction of sp³-hybridized carbons (Fsp3) is 0.959. The maximum Gasteiger partial charge on any atom is 0.249 e. The van der Waals surface area contributed by atoms with Crippen LogP contribution in [0.2, 0.25) is 0 Å². The normalized spacial score (nSPS) is 13.4. The van der Waals surface area contributed by atoms with E-state index in [2.05, 4.69) is 31.3 Å². The van der Waals surface area contributed by atoms with E-state index in [1.807, 2.05) is 0 Å². The van der Waals surface area contributed by atoms with Crippen molar-refractivity contribution in [1.29, 1.82) is 0 Å². The van der Waals surface area contributed by atoms with E-state index in [9.17, 15) is 25.2 Å².